The summed E-state index contributed by atoms with van der Waals surface area (Å²) in [5.41, 5.74) is 2.72. The first-order valence-electron chi connectivity index (χ1n) is 11.9. The number of carbonyl (C=O) groups excluding carboxylic acids is 1. The number of cyclic esters (lactones) is 1. The molecule has 3 unspecified atom stereocenters. The van der Waals surface area contributed by atoms with Gasteiger partial charge in [0.05, 0.1) is 18.3 Å². The van der Waals surface area contributed by atoms with Gasteiger partial charge in [-0.15, -0.1) is 0 Å². The van der Waals surface area contributed by atoms with Gasteiger partial charge in [0.1, 0.15) is 12.7 Å². The summed E-state index contributed by atoms with van der Waals surface area (Å²) in [5.74, 6) is 0.316. The number of fused-ring (bicyclic) bond motifs is 3. The third-order valence-electron chi connectivity index (χ3n) is 8.76. The van der Waals surface area contributed by atoms with E-state index in [4.69, 9.17) is 14.2 Å². The van der Waals surface area contributed by atoms with Crippen LogP contribution in [0.4, 0.5) is 0 Å². The van der Waals surface area contributed by atoms with Crippen LogP contribution in [0.25, 0.3) is 0 Å². The molecule has 7 atom stereocenters. The van der Waals surface area contributed by atoms with Crippen LogP contribution >= 0.6 is 0 Å². The van der Waals surface area contributed by atoms with Crippen molar-refractivity contribution < 1.29 is 68.2 Å². The number of aliphatic hydroxyl groups excluding tert-OH is 1. The smallest absolute Gasteiger partial charge is 0.336 e. The van der Waals surface area contributed by atoms with Crippen LogP contribution in [0.15, 0.2) is 54.1 Å². The molecule has 2 heterocycles. The van der Waals surface area contributed by atoms with Gasteiger partial charge in [0.2, 0.25) is 0 Å². The van der Waals surface area contributed by atoms with E-state index in [2.05, 4.69) is 32.6 Å². The Labute approximate surface area is 232 Å². The number of hydrogen-bond acceptors (Lipinski definition) is 5. The van der Waals surface area contributed by atoms with Crippen LogP contribution in [0, 0.1) is 66.7 Å². The zero-order valence-corrected chi connectivity index (χ0v) is 24.4. The van der Waals surface area contributed by atoms with Crippen molar-refractivity contribution in [2.45, 2.75) is 64.4 Å². The molecule has 5 rings (SSSR count). The molecule has 1 radical (unpaired) electrons. The van der Waals surface area contributed by atoms with Gasteiger partial charge in [0.25, 0.3) is 0 Å². The van der Waals surface area contributed by atoms with Crippen LogP contribution in [-0.2, 0) is 19.0 Å². The standard InChI is InChI=1S/C27H34O5.Ac/c1-17-9-12-22-26(2,20(17)11-10-19-21(28)15-30-24(19)29)14-13-23-27(22,3)16-31-25(32-23)18-7-5-4-6-8-18;/h4-8,10,20-23,25,28H,1,9,11-16H2,2-3H3;/b19-10+;/t20-,21?,22?,23?,25-,26+,27-;/m0./s1. The Balaban J connectivity index is 0.00000259. The van der Waals surface area contributed by atoms with E-state index in [0.717, 1.165) is 31.2 Å². The van der Waals surface area contributed by atoms with Crippen molar-refractivity contribution in [3.63, 3.8) is 0 Å². The van der Waals surface area contributed by atoms with Gasteiger partial charge in [0, 0.05) is 55.0 Å². The summed E-state index contributed by atoms with van der Waals surface area (Å²) >= 11 is 0. The van der Waals surface area contributed by atoms with E-state index >= 15 is 0 Å². The van der Waals surface area contributed by atoms with E-state index in [1.54, 1.807) is 0 Å². The molecule has 0 spiro atoms. The van der Waals surface area contributed by atoms with Crippen LogP contribution in [-0.4, -0.2) is 36.5 Å². The zero-order chi connectivity index (χ0) is 22.5. The van der Waals surface area contributed by atoms with E-state index in [-0.39, 0.29) is 79.8 Å². The Morgan fingerprint density at radius 1 is 1.18 bits per heavy atom. The van der Waals surface area contributed by atoms with Crippen molar-refractivity contribution in [1.82, 2.24) is 0 Å². The molecule has 2 aliphatic carbocycles. The molecule has 1 N–H and O–H groups in total. The van der Waals surface area contributed by atoms with Crippen LogP contribution in [0.5, 0.6) is 0 Å². The van der Waals surface area contributed by atoms with Crippen LogP contribution in [0.1, 0.15) is 57.8 Å². The van der Waals surface area contributed by atoms with E-state index in [9.17, 15) is 9.90 Å². The van der Waals surface area contributed by atoms with Gasteiger partial charge >= 0.3 is 5.97 Å². The van der Waals surface area contributed by atoms with E-state index in [1.807, 2.05) is 24.3 Å². The van der Waals surface area contributed by atoms with Crippen molar-refractivity contribution in [1.29, 1.82) is 0 Å². The van der Waals surface area contributed by atoms with Crippen LogP contribution in [0.2, 0.25) is 0 Å². The summed E-state index contributed by atoms with van der Waals surface area (Å²) in [6, 6.07) is 10.2. The molecule has 2 saturated carbocycles. The minimum absolute atomic E-state index is 0. The summed E-state index contributed by atoms with van der Waals surface area (Å²) in [6.07, 6.45) is 5.77. The third kappa shape index (κ3) is 4.45. The predicted molar refractivity (Wildman–Crippen MR) is 120 cm³/mol. The third-order valence-corrected chi connectivity index (χ3v) is 8.76. The molecule has 5 nitrogen and oxygen atoms in total. The molecule has 6 heteroatoms. The monoisotopic (exact) mass is 665 g/mol. The van der Waals surface area contributed by atoms with Gasteiger partial charge in [0.15, 0.2) is 6.29 Å². The predicted octanol–water partition coefficient (Wildman–Crippen LogP) is 4.72. The number of hydrogen-bond donors (Lipinski definition) is 1. The molecule has 2 saturated heterocycles. The zero-order valence-electron chi connectivity index (χ0n) is 19.7. The summed E-state index contributed by atoms with van der Waals surface area (Å²) in [4.78, 5) is 12.0. The number of benzene rings is 1. The van der Waals surface area contributed by atoms with Crippen molar-refractivity contribution in [3.8, 4) is 0 Å². The number of rotatable bonds is 3. The van der Waals surface area contributed by atoms with Gasteiger partial charge in [-0.2, -0.15) is 0 Å². The van der Waals surface area contributed by atoms with Crippen molar-refractivity contribution >= 4 is 5.97 Å². The summed E-state index contributed by atoms with van der Waals surface area (Å²) in [5, 5.41) is 10.1. The van der Waals surface area contributed by atoms with E-state index in [0.29, 0.717) is 24.5 Å². The summed E-state index contributed by atoms with van der Waals surface area (Å²) < 4.78 is 17.9. The van der Waals surface area contributed by atoms with Crippen molar-refractivity contribution in [2.75, 3.05) is 13.2 Å². The molecule has 33 heavy (non-hydrogen) atoms. The van der Waals surface area contributed by atoms with E-state index in [1.165, 1.54) is 5.57 Å². The minimum Gasteiger partial charge on any atom is -0.459 e. The van der Waals surface area contributed by atoms with Crippen molar-refractivity contribution in [3.05, 3.63) is 59.7 Å². The molecule has 2 aliphatic heterocycles. The van der Waals surface area contributed by atoms with Crippen LogP contribution in [0.3, 0.4) is 0 Å². The average Bonchev–Trinajstić information content (AvgIpc) is 3.10. The van der Waals surface area contributed by atoms with Gasteiger partial charge in [-0.25, -0.2) is 4.79 Å². The Bertz CT molecular complexity index is 930. The fourth-order valence-electron chi connectivity index (χ4n) is 6.98. The quantitative estimate of drug-likeness (QED) is 0.288. The molecule has 175 valence electrons. The molecule has 4 aliphatic rings. The number of allylic oxidation sites excluding steroid dienone is 2. The largest absolute Gasteiger partial charge is 0.459 e. The second-order valence-electron chi connectivity index (χ2n) is 10.5. The Morgan fingerprint density at radius 3 is 2.64 bits per heavy atom. The van der Waals surface area contributed by atoms with Gasteiger partial charge in [-0.05, 0) is 49.4 Å². The topological polar surface area (TPSA) is 65.0 Å². The molecular weight excluding hydrogens is 631 g/mol. The number of carbonyl (C=O) groups is 1. The Morgan fingerprint density at radius 2 is 1.94 bits per heavy atom. The summed E-state index contributed by atoms with van der Waals surface area (Å²) in [7, 11) is 0. The van der Waals surface area contributed by atoms with Gasteiger partial charge in [-0.1, -0.05) is 62.4 Å². The second kappa shape index (κ2) is 9.86. The second-order valence-corrected chi connectivity index (χ2v) is 10.5. The molecule has 0 aromatic heterocycles. The molecule has 1 aromatic rings. The average molecular weight is 666 g/mol. The Kier molecular flexibility index (Phi) is 7.64. The molecular formula is C27H34AcO5. The molecule has 0 bridgehead atoms. The fraction of sp³-hybridized carbons (Fsp3) is 0.593. The number of esters is 1. The number of aliphatic hydroxyl groups is 1. The first-order valence-corrected chi connectivity index (χ1v) is 11.9. The first-order chi connectivity index (χ1) is 15.3. The number of ether oxygens (including phenoxy) is 3. The maximum atomic E-state index is 12.0. The molecule has 4 fully saturated rings. The fourth-order valence-corrected chi connectivity index (χ4v) is 6.98. The maximum absolute atomic E-state index is 12.0. The SMILES string of the molecule is C=C1CCC2[C@]3(C)CO[C@H](c4ccccc4)OC3CC[C@]2(C)[C@H]1C/C=C1/C(=O)OCC1O.[Ac]. The normalized spacial score (nSPS) is 41.7. The maximum Gasteiger partial charge on any atom is 0.336 e. The first kappa shape index (κ1) is 25.6. The van der Waals surface area contributed by atoms with Gasteiger partial charge < -0.3 is 19.3 Å². The van der Waals surface area contributed by atoms with Crippen molar-refractivity contribution in [2.24, 2.45) is 22.7 Å². The molecule has 0 amide bonds. The minimum atomic E-state index is -0.814. The van der Waals surface area contributed by atoms with Crippen LogP contribution < -0.4 is 0 Å². The Hall–Kier alpha value is -0.508. The van der Waals surface area contributed by atoms with Gasteiger partial charge in [-0.3, -0.25) is 0 Å². The van der Waals surface area contributed by atoms with E-state index < -0.39 is 12.1 Å². The summed E-state index contributed by atoms with van der Waals surface area (Å²) in [6.45, 7) is 9.89. The molecule has 1 aromatic carbocycles.